The lowest BCUT2D eigenvalue weighted by molar-refractivity contribution is 0.00578. The fraction of sp³-hybridized carbons (Fsp3) is 0.467. The number of benzene rings is 1. The zero-order valence-corrected chi connectivity index (χ0v) is 13.1. The second-order valence-corrected chi connectivity index (χ2v) is 6.72. The molecular weight excluding hydrogens is 255 g/mol. The van der Waals surface area contributed by atoms with Crippen LogP contribution < -0.4 is 0 Å². The minimum atomic E-state index is -0.370. The van der Waals surface area contributed by atoms with E-state index in [4.69, 9.17) is 9.31 Å². The summed E-state index contributed by atoms with van der Waals surface area (Å²) >= 11 is 1.73. The average molecular weight is 276 g/mol. The fourth-order valence-electron chi connectivity index (χ4n) is 1.93. The molecule has 1 aromatic rings. The van der Waals surface area contributed by atoms with Gasteiger partial charge in [-0.2, -0.15) is 0 Å². The molecule has 102 valence electrons. The molecule has 1 heterocycles. The van der Waals surface area contributed by atoms with Gasteiger partial charge in [0.15, 0.2) is 0 Å². The molecule has 1 aliphatic heterocycles. The van der Waals surface area contributed by atoms with Crippen molar-refractivity contribution in [1.29, 1.82) is 0 Å². The van der Waals surface area contributed by atoms with E-state index in [-0.39, 0.29) is 18.3 Å². The van der Waals surface area contributed by atoms with Gasteiger partial charge in [-0.25, -0.2) is 0 Å². The van der Waals surface area contributed by atoms with Gasteiger partial charge >= 0.3 is 7.12 Å². The number of hydrogen-bond acceptors (Lipinski definition) is 3. The summed E-state index contributed by atoms with van der Waals surface area (Å²) in [6.45, 7) is 12.3. The molecule has 1 saturated heterocycles. The van der Waals surface area contributed by atoms with Crippen molar-refractivity contribution in [3.8, 4) is 0 Å². The number of thioether (sulfide) groups is 1. The lowest BCUT2D eigenvalue weighted by atomic mass is 9.75. The molecule has 0 amide bonds. The van der Waals surface area contributed by atoms with Gasteiger partial charge in [0, 0.05) is 4.90 Å². The molecule has 0 spiro atoms. The minimum Gasteiger partial charge on any atom is -0.399 e. The normalized spacial score (nSPS) is 20.6. The van der Waals surface area contributed by atoms with Gasteiger partial charge in [0.05, 0.1) is 11.2 Å². The Labute approximate surface area is 120 Å². The molecule has 1 aromatic carbocycles. The molecule has 0 N–H and O–H groups in total. The summed E-state index contributed by atoms with van der Waals surface area (Å²) in [7, 11) is -0.370. The third-order valence-electron chi connectivity index (χ3n) is 4.00. The zero-order valence-electron chi connectivity index (χ0n) is 12.3. The Balaban J connectivity index is 2.17. The molecule has 4 heteroatoms. The highest BCUT2D eigenvalue weighted by molar-refractivity contribution is 7.98. The summed E-state index contributed by atoms with van der Waals surface area (Å²) in [5.74, 6) is 0. The Kier molecular flexibility index (Phi) is 3.87. The monoisotopic (exact) mass is 276 g/mol. The number of hydrogen-bond donors (Lipinski definition) is 0. The van der Waals surface area contributed by atoms with Crippen LogP contribution >= 0.6 is 11.8 Å². The Morgan fingerprint density at radius 1 is 1.05 bits per heavy atom. The first kappa shape index (κ1) is 14.7. The molecule has 0 atom stereocenters. The topological polar surface area (TPSA) is 18.5 Å². The highest BCUT2D eigenvalue weighted by Crippen LogP contribution is 2.40. The molecule has 0 bridgehead atoms. The van der Waals surface area contributed by atoms with Gasteiger partial charge in [-0.1, -0.05) is 18.7 Å². The summed E-state index contributed by atoms with van der Waals surface area (Å²) in [5.41, 5.74) is 1.31. The van der Waals surface area contributed by atoms with Crippen molar-refractivity contribution in [2.24, 2.45) is 0 Å². The molecule has 2 nitrogen and oxygen atoms in total. The van der Waals surface area contributed by atoms with Gasteiger partial charge in [0.1, 0.15) is 0 Å². The molecule has 0 unspecified atom stereocenters. The van der Waals surface area contributed by atoms with E-state index in [0.29, 0.717) is 0 Å². The van der Waals surface area contributed by atoms with E-state index in [1.165, 1.54) is 4.90 Å². The first-order valence-electron chi connectivity index (χ1n) is 6.46. The van der Waals surface area contributed by atoms with Crippen LogP contribution in [0, 0.1) is 0 Å². The second kappa shape index (κ2) is 5.00. The molecule has 19 heavy (non-hydrogen) atoms. The Bertz CT molecular complexity index is 463. The first-order chi connectivity index (χ1) is 8.77. The smallest absolute Gasteiger partial charge is 0.399 e. The average Bonchev–Trinajstić information content (AvgIpc) is 2.58. The third-order valence-corrected chi connectivity index (χ3v) is 4.74. The van der Waals surface area contributed by atoms with Crippen LogP contribution in [0.5, 0.6) is 0 Å². The molecule has 0 saturated carbocycles. The Morgan fingerprint density at radius 3 is 1.95 bits per heavy atom. The Hall–Kier alpha value is -0.705. The van der Waals surface area contributed by atoms with Crippen molar-refractivity contribution in [3.63, 3.8) is 0 Å². The second-order valence-electron chi connectivity index (χ2n) is 5.84. The lowest BCUT2D eigenvalue weighted by Gasteiger charge is -2.32. The SMILES string of the molecule is C=C(B1OC(C)(C)C(C)(C)O1)c1ccc(SC)cc1. The molecule has 0 aliphatic carbocycles. The Morgan fingerprint density at radius 2 is 1.53 bits per heavy atom. The summed E-state index contributed by atoms with van der Waals surface area (Å²) in [5, 5.41) is 0. The lowest BCUT2D eigenvalue weighted by Crippen LogP contribution is -2.41. The van der Waals surface area contributed by atoms with E-state index in [1.54, 1.807) is 11.8 Å². The van der Waals surface area contributed by atoms with Gasteiger partial charge in [0.25, 0.3) is 0 Å². The standard InChI is InChI=1S/C15H21BO2S/c1-11(12-7-9-13(19-6)10-8-12)16-17-14(2,3)15(4,5)18-16/h7-10H,1H2,2-6H3. The predicted octanol–water partition coefficient (Wildman–Crippen LogP) is 4.05. The van der Waals surface area contributed by atoms with Gasteiger partial charge in [0.2, 0.25) is 0 Å². The van der Waals surface area contributed by atoms with Crippen molar-refractivity contribution in [2.75, 3.05) is 6.26 Å². The molecule has 1 fully saturated rings. The van der Waals surface area contributed by atoms with Gasteiger partial charge in [-0.05, 0) is 57.1 Å². The van der Waals surface area contributed by atoms with Gasteiger partial charge in [-0.15, -0.1) is 11.8 Å². The van der Waals surface area contributed by atoms with Crippen molar-refractivity contribution in [3.05, 3.63) is 36.4 Å². The van der Waals surface area contributed by atoms with Gasteiger partial charge < -0.3 is 9.31 Å². The van der Waals surface area contributed by atoms with Crippen LogP contribution in [0.4, 0.5) is 0 Å². The molecule has 2 rings (SSSR count). The van der Waals surface area contributed by atoms with Crippen molar-refractivity contribution in [2.45, 2.75) is 43.8 Å². The van der Waals surface area contributed by atoms with Crippen LogP contribution in [0.3, 0.4) is 0 Å². The summed E-state index contributed by atoms with van der Waals surface area (Å²) in [4.78, 5) is 1.24. The van der Waals surface area contributed by atoms with E-state index in [0.717, 1.165) is 11.0 Å². The maximum atomic E-state index is 6.01. The van der Waals surface area contributed by atoms with Crippen molar-refractivity contribution >= 4 is 24.4 Å². The van der Waals surface area contributed by atoms with Crippen LogP contribution in [0.2, 0.25) is 0 Å². The predicted molar refractivity (Wildman–Crippen MR) is 83.3 cm³/mol. The van der Waals surface area contributed by atoms with E-state index >= 15 is 0 Å². The van der Waals surface area contributed by atoms with Crippen LogP contribution in [0.1, 0.15) is 33.3 Å². The summed E-state index contributed by atoms with van der Waals surface area (Å²) in [6, 6.07) is 8.32. The summed E-state index contributed by atoms with van der Waals surface area (Å²) in [6.07, 6.45) is 2.07. The van der Waals surface area contributed by atoms with Gasteiger partial charge in [-0.3, -0.25) is 0 Å². The zero-order chi connectivity index (χ0) is 14.3. The van der Waals surface area contributed by atoms with E-state index in [1.807, 2.05) is 0 Å². The molecule has 0 radical (unpaired) electrons. The maximum absolute atomic E-state index is 6.01. The van der Waals surface area contributed by atoms with Crippen LogP contribution in [-0.2, 0) is 9.31 Å². The summed E-state index contributed by atoms with van der Waals surface area (Å²) < 4.78 is 12.0. The highest BCUT2D eigenvalue weighted by atomic mass is 32.2. The largest absolute Gasteiger partial charge is 0.494 e. The highest BCUT2D eigenvalue weighted by Gasteiger charge is 2.52. The molecule has 1 aliphatic rings. The third kappa shape index (κ3) is 2.76. The van der Waals surface area contributed by atoms with Crippen LogP contribution in [-0.4, -0.2) is 24.6 Å². The first-order valence-corrected chi connectivity index (χ1v) is 7.68. The van der Waals surface area contributed by atoms with Crippen LogP contribution in [0.25, 0.3) is 5.47 Å². The van der Waals surface area contributed by atoms with E-state index in [2.05, 4.69) is 64.8 Å². The minimum absolute atomic E-state index is 0.320. The maximum Gasteiger partial charge on any atom is 0.494 e. The molecule has 0 aromatic heterocycles. The van der Waals surface area contributed by atoms with E-state index < -0.39 is 0 Å². The van der Waals surface area contributed by atoms with Crippen molar-refractivity contribution < 1.29 is 9.31 Å². The van der Waals surface area contributed by atoms with Crippen LogP contribution in [0.15, 0.2) is 35.7 Å². The fourth-order valence-corrected chi connectivity index (χ4v) is 2.33. The van der Waals surface area contributed by atoms with E-state index in [9.17, 15) is 0 Å². The van der Waals surface area contributed by atoms with Crippen molar-refractivity contribution in [1.82, 2.24) is 0 Å². The quantitative estimate of drug-likeness (QED) is 0.613. The molecular formula is C15H21BO2S. The number of rotatable bonds is 3.